The Labute approximate surface area is 101 Å². The Hall–Kier alpha value is -0.980. The van der Waals surface area contributed by atoms with Crippen molar-refractivity contribution in [3.05, 3.63) is 11.8 Å². The maximum Gasteiger partial charge on any atom is 0.247 e. The molecule has 1 aromatic heterocycles. The molecule has 2 heterocycles. The van der Waals surface area contributed by atoms with Gasteiger partial charge in [-0.2, -0.15) is 0 Å². The number of nitrogens with one attached hydrogen (secondary N) is 1. The van der Waals surface area contributed by atoms with E-state index in [1.807, 2.05) is 0 Å². The molecule has 1 N–H and O–H groups in total. The van der Waals surface area contributed by atoms with Gasteiger partial charge in [-0.1, -0.05) is 0 Å². The van der Waals surface area contributed by atoms with Crippen molar-refractivity contribution in [3.8, 4) is 0 Å². The molecule has 2 rings (SSSR count). The minimum Gasteiger partial charge on any atom is -0.421 e. The van der Waals surface area contributed by atoms with E-state index in [-0.39, 0.29) is 11.6 Å². The van der Waals surface area contributed by atoms with Crippen LogP contribution >= 0.6 is 0 Å². The van der Waals surface area contributed by atoms with Crippen LogP contribution in [0.15, 0.2) is 4.42 Å². The molecule has 1 aliphatic rings. The third kappa shape index (κ3) is 3.76. The summed E-state index contributed by atoms with van der Waals surface area (Å²) in [6, 6.07) is 0. The molecule has 0 saturated carbocycles. The highest BCUT2D eigenvalue weighted by atomic mass is 16.6. The lowest BCUT2D eigenvalue weighted by Crippen LogP contribution is -2.35. The molecule has 1 saturated heterocycles. The van der Waals surface area contributed by atoms with Gasteiger partial charge in [0, 0.05) is 5.54 Å². The smallest absolute Gasteiger partial charge is 0.247 e. The van der Waals surface area contributed by atoms with Gasteiger partial charge >= 0.3 is 0 Å². The second kappa shape index (κ2) is 5.12. The Morgan fingerprint density at radius 1 is 1.29 bits per heavy atom. The van der Waals surface area contributed by atoms with Crippen molar-refractivity contribution in [2.45, 2.75) is 39.0 Å². The van der Waals surface area contributed by atoms with Crippen molar-refractivity contribution < 1.29 is 13.9 Å². The van der Waals surface area contributed by atoms with Crippen LogP contribution in [0.2, 0.25) is 0 Å². The molecule has 96 valence electrons. The summed E-state index contributed by atoms with van der Waals surface area (Å²) in [6.45, 7) is 8.50. The van der Waals surface area contributed by atoms with Gasteiger partial charge in [0.2, 0.25) is 11.8 Å². The van der Waals surface area contributed by atoms with Crippen LogP contribution in [0.4, 0.5) is 0 Å². The van der Waals surface area contributed by atoms with Gasteiger partial charge in [0.25, 0.3) is 0 Å². The fourth-order valence-corrected chi connectivity index (χ4v) is 1.44. The van der Waals surface area contributed by atoms with E-state index in [0.717, 1.165) is 0 Å². The van der Waals surface area contributed by atoms with Crippen molar-refractivity contribution in [1.29, 1.82) is 0 Å². The highest BCUT2D eigenvalue weighted by Gasteiger charge is 2.23. The molecule has 0 aromatic carbocycles. The van der Waals surface area contributed by atoms with E-state index >= 15 is 0 Å². The van der Waals surface area contributed by atoms with E-state index in [0.29, 0.717) is 38.1 Å². The van der Waals surface area contributed by atoms with Crippen molar-refractivity contribution in [3.63, 3.8) is 0 Å². The predicted octanol–water partition coefficient (Wildman–Crippen LogP) is 1.05. The Morgan fingerprint density at radius 2 is 2.12 bits per heavy atom. The molecule has 17 heavy (non-hydrogen) atoms. The zero-order chi connectivity index (χ0) is 12.3. The molecule has 0 bridgehead atoms. The van der Waals surface area contributed by atoms with Gasteiger partial charge in [0.1, 0.15) is 0 Å². The first-order valence-corrected chi connectivity index (χ1v) is 5.81. The topological polar surface area (TPSA) is 69.4 Å². The minimum atomic E-state index is -0.223. The largest absolute Gasteiger partial charge is 0.421 e. The van der Waals surface area contributed by atoms with Crippen LogP contribution in [0.5, 0.6) is 0 Å². The van der Waals surface area contributed by atoms with E-state index in [4.69, 9.17) is 13.9 Å². The predicted molar refractivity (Wildman–Crippen MR) is 60.4 cm³/mol. The molecule has 1 unspecified atom stereocenters. The molecule has 0 amide bonds. The van der Waals surface area contributed by atoms with Gasteiger partial charge in [-0.3, -0.25) is 0 Å². The molecule has 1 fully saturated rings. The first-order chi connectivity index (χ1) is 8.04. The molecule has 0 radical (unpaired) electrons. The van der Waals surface area contributed by atoms with Crippen molar-refractivity contribution >= 4 is 0 Å². The van der Waals surface area contributed by atoms with Crippen LogP contribution in [0.1, 0.15) is 38.7 Å². The zero-order valence-electron chi connectivity index (χ0n) is 10.5. The summed E-state index contributed by atoms with van der Waals surface area (Å²) in [5.74, 6) is 1.07. The number of hydrogen-bond donors (Lipinski definition) is 1. The average Bonchev–Trinajstić information content (AvgIpc) is 2.75. The summed E-state index contributed by atoms with van der Waals surface area (Å²) in [6.07, 6.45) is -0.223. The van der Waals surface area contributed by atoms with Gasteiger partial charge in [-0.25, -0.2) is 0 Å². The van der Waals surface area contributed by atoms with Crippen molar-refractivity contribution in [1.82, 2.24) is 15.5 Å². The lowest BCUT2D eigenvalue weighted by atomic mass is 10.1. The first-order valence-electron chi connectivity index (χ1n) is 5.81. The highest BCUT2D eigenvalue weighted by Crippen LogP contribution is 2.19. The van der Waals surface area contributed by atoms with Crippen molar-refractivity contribution in [2.24, 2.45) is 0 Å². The Morgan fingerprint density at radius 3 is 2.76 bits per heavy atom. The van der Waals surface area contributed by atoms with Crippen LogP contribution in [-0.2, 0) is 16.0 Å². The molecule has 0 aliphatic carbocycles. The van der Waals surface area contributed by atoms with E-state index in [1.165, 1.54) is 0 Å². The van der Waals surface area contributed by atoms with Crippen LogP contribution in [0.25, 0.3) is 0 Å². The zero-order valence-corrected chi connectivity index (χ0v) is 10.5. The van der Waals surface area contributed by atoms with Crippen LogP contribution in [0, 0.1) is 0 Å². The normalized spacial score (nSPS) is 21.7. The van der Waals surface area contributed by atoms with Crippen molar-refractivity contribution in [2.75, 3.05) is 19.8 Å². The van der Waals surface area contributed by atoms with E-state index < -0.39 is 0 Å². The summed E-state index contributed by atoms with van der Waals surface area (Å²) >= 11 is 0. The summed E-state index contributed by atoms with van der Waals surface area (Å²) in [4.78, 5) is 0. The highest BCUT2D eigenvalue weighted by molar-refractivity contribution is 4.88. The second-order valence-electron chi connectivity index (χ2n) is 5.07. The summed E-state index contributed by atoms with van der Waals surface area (Å²) in [5, 5.41) is 11.2. The fraction of sp³-hybridized carbons (Fsp3) is 0.818. The molecule has 1 aromatic rings. The SMILES string of the molecule is CC(C)(C)NCc1nnc(C2COCCO2)o1. The number of hydrogen-bond acceptors (Lipinski definition) is 6. The quantitative estimate of drug-likeness (QED) is 0.853. The Balaban J connectivity index is 1.91. The Bertz CT molecular complexity index is 353. The summed E-state index contributed by atoms with van der Waals surface area (Å²) in [7, 11) is 0. The van der Waals surface area contributed by atoms with Crippen LogP contribution in [0.3, 0.4) is 0 Å². The van der Waals surface area contributed by atoms with Crippen LogP contribution in [-0.4, -0.2) is 35.6 Å². The van der Waals surface area contributed by atoms with Gasteiger partial charge < -0.3 is 19.2 Å². The van der Waals surface area contributed by atoms with Gasteiger partial charge in [0.15, 0.2) is 6.10 Å². The van der Waals surface area contributed by atoms with Gasteiger partial charge in [0.05, 0.1) is 26.4 Å². The maximum absolute atomic E-state index is 5.53. The standard InChI is InChI=1S/C11H19N3O3/c1-11(2,3)12-6-9-13-14-10(17-9)8-7-15-4-5-16-8/h8,12H,4-7H2,1-3H3. The van der Waals surface area contributed by atoms with Gasteiger partial charge in [-0.05, 0) is 20.8 Å². The van der Waals surface area contributed by atoms with E-state index in [2.05, 4.69) is 36.3 Å². The van der Waals surface area contributed by atoms with E-state index in [1.54, 1.807) is 0 Å². The fourth-order valence-electron chi connectivity index (χ4n) is 1.44. The second-order valence-corrected chi connectivity index (χ2v) is 5.07. The molecule has 1 aliphatic heterocycles. The number of nitrogens with zero attached hydrogens (tertiary/aromatic N) is 2. The number of ether oxygens (including phenoxy) is 2. The molecular formula is C11H19N3O3. The number of aromatic nitrogens is 2. The lowest BCUT2D eigenvalue weighted by Gasteiger charge is -2.20. The average molecular weight is 241 g/mol. The van der Waals surface area contributed by atoms with Crippen LogP contribution < -0.4 is 5.32 Å². The van der Waals surface area contributed by atoms with E-state index in [9.17, 15) is 0 Å². The molecule has 6 heteroatoms. The number of rotatable bonds is 3. The molecule has 0 spiro atoms. The lowest BCUT2D eigenvalue weighted by molar-refractivity contribution is -0.0999. The monoisotopic (exact) mass is 241 g/mol. The molecular weight excluding hydrogens is 222 g/mol. The summed E-state index contributed by atoms with van der Waals surface area (Å²) < 4.78 is 16.3. The minimum absolute atomic E-state index is 0.0269. The summed E-state index contributed by atoms with van der Waals surface area (Å²) in [5.41, 5.74) is 0.0269. The molecule has 1 atom stereocenters. The maximum atomic E-state index is 5.53. The Kier molecular flexibility index (Phi) is 3.76. The third-order valence-corrected chi connectivity index (χ3v) is 2.34. The molecule has 6 nitrogen and oxygen atoms in total. The van der Waals surface area contributed by atoms with Gasteiger partial charge in [-0.15, -0.1) is 10.2 Å². The first kappa shape index (κ1) is 12.5. The third-order valence-electron chi connectivity index (χ3n) is 2.34.